The van der Waals surface area contributed by atoms with Crippen molar-refractivity contribution in [2.75, 3.05) is 7.11 Å². The van der Waals surface area contributed by atoms with E-state index in [4.69, 9.17) is 0 Å². The van der Waals surface area contributed by atoms with E-state index in [1.165, 1.54) is 33.1 Å². The molecule has 0 saturated carbocycles. The Kier molecular flexibility index (Phi) is 7.67. The number of carbonyl (C=O) groups excluding carboxylic acids is 1. The number of benzene rings is 1. The average molecular weight is 387 g/mol. The van der Waals surface area contributed by atoms with Gasteiger partial charge in [0.1, 0.15) is 0 Å². The summed E-state index contributed by atoms with van der Waals surface area (Å²) in [5, 5.41) is 0. The molecule has 108 valence electrons. The molecule has 8 heteroatoms. The fourth-order valence-electron chi connectivity index (χ4n) is 1.28. The second-order valence-corrected chi connectivity index (χ2v) is 7.38. The quantitative estimate of drug-likeness (QED) is 0.591. The molecule has 4 nitrogen and oxygen atoms in total. The van der Waals surface area contributed by atoms with Crippen LogP contribution in [0.2, 0.25) is 0 Å². The van der Waals surface area contributed by atoms with Crippen molar-refractivity contribution in [1.82, 2.24) is 0 Å². The summed E-state index contributed by atoms with van der Waals surface area (Å²) >= 11 is 3.19. The van der Waals surface area contributed by atoms with Gasteiger partial charge < -0.3 is 4.74 Å². The molecule has 1 aromatic rings. The van der Waals surface area contributed by atoms with E-state index in [1.807, 2.05) is 0 Å². The first kappa shape index (κ1) is 19.0. The van der Waals surface area contributed by atoms with Gasteiger partial charge >= 0.3 is 5.97 Å². The Morgan fingerprint density at radius 3 is 2.26 bits per heavy atom. The molecule has 0 aliphatic carbocycles. The number of sulfone groups is 1. The van der Waals surface area contributed by atoms with E-state index in [0.717, 1.165) is 0 Å². The van der Waals surface area contributed by atoms with Crippen LogP contribution >= 0.6 is 33.8 Å². The molecule has 0 N–H and O–H groups in total. The summed E-state index contributed by atoms with van der Waals surface area (Å²) in [6.07, 6.45) is 0. The van der Waals surface area contributed by atoms with Gasteiger partial charge in [-0.25, -0.2) is 8.42 Å². The monoisotopic (exact) mass is 386 g/mol. The first-order valence-electron chi connectivity index (χ1n) is 5.15. The van der Waals surface area contributed by atoms with E-state index in [1.54, 1.807) is 12.1 Å². The number of hydrogen-bond acceptors (Lipinski definition) is 4. The van der Waals surface area contributed by atoms with Crippen LogP contribution in [0.25, 0.3) is 0 Å². The molecule has 0 aliphatic heterocycles. The van der Waals surface area contributed by atoms with E-state index in [2.05, 4.69) is 38.5 Å². The Bertz CT molecular complexity index is 543. The lowest BCUT2D eigenvalue weighted by Crippen LogP contribution is -2.41. The molecule has 19 heavy (non-hydrogen) atoms. The topological polar surface area (TPSA) is 60.4 Å². The first-order chi connectivity index (χ1) is 8.73. The number of halogens is 1. The molecular formula is C11H17BrO4P2S. The lowest BCUT2D eigenvalue weighted by Gasteiger charge is -2.21. The maximum atomic E-state index is 12.3. The molecule has 0 amide bonds. The highest BCUT2D eigenvalue weighted by Crippen LogP contribution is 2.28. The number of ether oxygens (including phenoxy) is 1. The van der Waals surface area contributed by atoms with E-state index in [-0.39, 0.29) is 4.90 Å². The second kappa shape index (κ2) is 7.68. The summed E-state index contributed by atoms with van der Waals surface area (Å²) < 4.78 is 28.1. The molecule has 0 fully saturated rings. The van der Waals surface area contributed by atoms with Crippen molar-refractivity contribution in [1.29, 1.82) is 0 Å². The van der Waals surface area contributed by atoms with E-state index >= 15 is 0 Å². The molecule has 0 heterocycles. The van der Waals surface area contributed by atoms with Crippen LogP contribution < -0.4 is 0 Å². The maximum Gasteiger partial charge on any atom is 0.327 e. The molecule has 0 aliphatic rings. The van der Waals surface area contributed by atoms with E-state index in [9.17, 15) is 13.2 Å². The average Bonchev–Trinajstić information content (AvgIpc) is 2.39. The number of esters is 1. The summed E-state index contributed by atoms with van der Waals surface area (Å²) in [4.78, 5) is 11.6. The van der Waals surface area contributed by atoms with E-state index in [0.29, 0.717) is 4.47 Å². The van der Waals surface area contributed by atoms with Crippen molar-refractivity contribution in [3.63, 3.8) is 0 Å². The standard InChI is InChI=1S/C11H13BrO4S.H4P2/c1-11(2,10(13)16-3)17(14,15)9-6-4-5-8(12)7-9;1-2/h4-7H,1-3H3;1-2H2. The predicted molar refractivity (Wildman–Crippen MR) is 86.8 cm³/mol. The first-order valence-corrected chi connectivity index (χ1v) is 10.1. The Labute approximate surface area is 127 Å². The molecule has 0 spiro atoms. The lowest BCUT2D eigenvalue weighted by atomic mass is 10.2. The summed E-state index contributed by atoms with van der Waals surface area (Å²) in [6, 6.07) is 6.22. The van der Waals surface area contributed by atoms with Crippen LogP contribution in [0.3, 0.4) is 0 Å². The Morgan fingerprint density at radius 1 is 1.32 bits per heavy atom. The molecule has 2 atom stereocenters. The van der Waals surface area contributed by atoms with E-state index < -0.39 is 20.6 Å². The van der Waals surface area contributed by atoms with Crippen molar-refractivity contribution >= 4 is 49.6 Å². The SMILES string of the molecule is COC(=O)C(C)(C)S(=O)(=O)c1cccc(Br)c1.PP. The Balaban J connectivity index is 0.00000154. The van der Waals surface area contributed by atoms with Crippen molar-refractivity contribution < 1.29 is 17.9 Å². The fraction of sp³-hybridized carbons (Fsp3) is 0.364. The van der Waals surface area contributed by atoms with Crippen LogP contribution in [0.1, 0.15) is 13.8 Å². The minimum atomic E-state index is -3.78. The smallest absolute Gasteiger partial charge is 0.327 e. The Morgan fingerprint density at radius 2 is 1.84 bits per heavy atom. The van der Waals surface area contributed by atoms with Gasteiger partial charge in [-0.05, 0) is 32.0 Å². The fourth-order valence-corrected chi connectivity index (χ4v) is 3.27. The molecule has 0 bridgehead atoms. The van der Waals surface area contributed by atoms with Gasteiger partial charge in [-0.3, -0.25) is 4.79 Å². The predicted octanol–water partition coefficient (Wildman–Crippen LogP) is 2.83. The van der Waals surface area contributed by atoms with Crippen molar-refractivity contribution in [3.05, 3.63) is 28.7 Å². The number of hydrogen-bond donors (Lipinski definition) is 0. The number of rotatable bonds is 3. The van der Waals surface area contributed by atoms with Crippen molar-refractivity contribution in [2.45, 2.75) is 23.5 Å². The minimum absolute atomic E-state index is 0.0854. The molecule has 1 aromatic carbocycles. The molecule has 1 rings (SSSR count). The zero-order chi connectivity index (χ0) is 15.3. The maximum absolute atomic E-state index is 12.3. The van der Waals surface area contributed by atoms with Crippen LogP contribution in [-0.4, -0.2) is 26.2 Å². The van der Waals surface area contributed by atoms with Gasteiger partial charge in [-0.1, -0.05) is 22.0 Å². The van der Waals surface area contributed by atoms with Gasteiger partial charge in [-0.15, -0.1) is 17.9 Å². The van der Waals surface area contributed by atoms with Crippen LogP contribution in [-0.2, 0) is 19.4 Å². The van der Waals surface area contributed by atoms with Gasteiger partial charge in [0.05, 0.1) is 12.0 Å². The van der Waals surface area contributed by atoms with Crippen LogP contribution in [0.5, 0.6) is 0 Å². The van der Waals surface area contributed by atoms with Crippen LogP contribution in [0.4, 0.5) is 0 Å². The minimum Gasteiger partial charge on any atom is -0.468 e. The highest BCUT2D eigenvalue weighted by Gasteiger charge is 2.43. The van der Waals surface area contributed by atoms with Crippen molar-refractivity contribution in [3.8, 4) is 0 Å². The van der Waals surface area contributed by atoms with Gasteiger partial charge in [-0.2, -0.15) is 0 Å². The van der Waals surface area contributed by atoms with Gasteiger partial charge in [0.15, 0.2) is 14.6 Å². The third kappa shape index (κ3) is 4.22. The molecule has 2 unspecified atom stereocenters. The Hall–Kier alpha value is -0.0200. The summed E-state index contributed by atoms with van der Waals surface area (Å²) in [5.74, 6) is -0.780. The second-order valence-electron chi connectivity index (χ2n) is 3.96. The van der Waals surface area contributed by atoms with Crippen LogP contribution in [0, 0.1) is 0 Å². The third-order valence-corrected chi connectivity index (χ3v) is 5.33. The third-order valence-electron chi connectivity index (χ3n) is 2.46. The molecule has 0 radical (unpaired) electrons. The lowest BCUT2D eigenvalue weighted by molar-refractivity contribution is -0.142. The normalized spacial score (nSPS) is 11.3. The van der Waals surface area contributed by atoms with Gasteiger partial charge in [0, 0.05) is 4.47 Å². The molecule has 0 saturated heterocycles. The number of carbonyl (C=O) groups is 1. The largest absolute Gasteiger partial charge is 0.468 e. The molecule has 0 aromatic heterocycles. The highest BCUT2D eigenvalue weighted by atomic mass is 79.9. The summed E-state index contributed by atoms with van der Waals surface area (Å²) in [7, 11) is 2.06. The summed E-state index contributed by atoms with van der Waals surface area (Å²) in [5.41, 5.74) is 0. The molecular weight excluding hydrogens is 370 g/mol. The highest BCUT2D eigenvalue weighted by molar-refractivity contribution is 9.10. The summed E-state index contributed by atoms with van der Waals surface area (Å²) in [6.45, 7) is 2.66. The van der Waals surface area contributed by atoms with Gasteiger partial charge in [0.25, 0.3) is 0 Å². The van der Waals surface area contributed by atoms with Gasteiger partial charge in [0.2, 0.25) is 0 Å². The zero-order valence-electron chi connectivity index (χ0n) is 10.9. The van der Waals surface area contributed by atoms with Crippen molar-refractivity contribution in [2.24, 2.45) is 0 Å². The van der Waals surface area contributed by atoms with Crippen LogP contribution in [0.15, 0.2) is 33.6 Å². The zero-order valence-corrected chi connectivity index (χ0v) is 15.6. The number of methoxy groups -OCH3 is 1.